The highest BCUT2D eigenvalue weighted by molar-refractivity contribution is 5.71. The van der Waals surface area contributed by atoms with Gasteiger partial charge < -0.3 is 4.42 Å². The first-order valence-corrected chi connectivity index (χ1v) is 12.2. The predicted octanol–water partition coefficient (Wildman–Crippen LogP) is 7.14. The summed E-state index contributed by atoms with van der Waals surface area (Å²) in [6, 6.07) is 21.4. The molecule has 1 aliphatic heterocycles. The molecule has 0 fully saturated rings. The number of hydrogen-bond donors (Lipinski definition) is 0. The van der Waals surface area contributed by atoms with Crippen LogP contribution in [0.25, 0.3) is 34.2 Å². The molecule has 0 amide bonds. The molecule has 0 aliphatic carbocycles. The first kappa shape index (κ1) is 22.5. The number of fused-ring (bicyclic) bond motifs is 3. The van der Waals surface area contributed by atoms with Crippen LogP contribution >= 0.6 is 0 Å². The zero-order chi connectivity index (χ0) is 24.3. The Morgan fingerprint density at radius 3 is 2.18 bits per heavy atom. The van der Waals surface area contributed by atoms with E-state index in [9.17, 15) is 0 Å². The fourth-order valence-electron chi connectivity index (χ4n) is 5.14. The average Bonchev–Trinajstić information content (AvgIpc) is 3.31. The van der Waals surface area contributed by atoms with Gasteiger partial charge in [-0.2, -0.15) is 4.57 Å². The van der Waals surface area contributed by atoms with Gasteiger partial charge in [0.25, 0.3) is 0 Å². The molecule has 34 heavy (non-hydrogen) atoms. The van der Waals surface area contributed by atoms with Gasteiger partial charge in [-0.15, -0.1) is 10.2 Å². The second kappa shape index (κ2) is 7.90. The van der Waals surface area contributed by atoms with Crippen LogP contribution < -0.4 is 4.57 Å². The Bertz CT molecular complexity index is 1340. The molecule has 174 valence electrons. The number of pyridine rings is 1. The molecule has 2 aromatic carbocycles. The summed E-state index contributed by atoms with van der Waals surface area (Å²) in [7, 11) is 0. The van der Waals surface area contributed by atoms with Crippen molar-refractivity contribution in [1.82, 2.24) is 10.2 Å². The quantitative estimate of drug-likeness (QED) is 0.303. The average molecular weight is 453 g/mol. The highest BCUT2D eigenvalue weighted by Gasteiger charge is 2.44. The van der Waals surface area contributed by atoms with Crippen LogP contribution in [0.2, 0.25) is 0 Å². The van der Waals surface area contributed by atoms with E-state index in [2.05, 4.69) is 130 Å². The maximum absolute atomic E-state index is 6.15. The standard InChI is InChI=1S/C30H34N3O/c1-19-20(2)30(6,7)33-17-9-8-10-26(33)25-18-22(13-16-24(19)25)28-32-31-27(34-28)21-11-14-23(15-12-21)29(3,4)5/h8-20H,1-7H3/q+1. The van der Waals surface area contributed by atoms with Crippen molar-refractivity contribution in [1.29, 1.82) is 0 Å². The molecule has 0 N–H and O–H groups in total. The summed E-state index contributed by atoms with van der Waals surface area (Å²) in [5, 5.41) is 8.76. The predicted molar refractivity (Wildman–Crippen MR) is 136 cm³/mol. The molecular weight excluding hydrogens is 418 g/mol. The van der Waals surface area contributed by atoms with Gasteiger partial charge in [0.2, 0.25) is 17.5 Å². The Labute approximate surface area is 202 Å². The second-order valence-electron chi connectivity index (χ2n) is 11.2. The van der Waals surface area contributed by atoms with E-state index in [1.54, 1.807) is 0 Å². The lowest BCUT2D eigenvalue weighted by Crippen LogP contribution is -2.57. The Kier molecular flexibility index (Phi) is 5.23. The van der Waals surface area contributed by atoms with Gasteiger partial charge >= 0.3 is 0 Å². The minimum absolute atomic E-state index is 0.00787. The number of aromatic nitrogens is 3. The highest BCUT2D eigenvalue weighted by Crippen LogP contribution is 2.43. The van der Waals surface area contributed by atoms with Gasteiger partial charge in [0.15, 0.2) is 11.7 Å². The minimum atomic E-state index is -0.00787. The summed E-state index contributed by atoms with van der Waals surface area (Å²) in [6.07, 6.45) is 2.20. The molecule has 2 unspecified atom stereocenters. The highest BCUT2D eigenvalue weighted by atomic mass is 16.4. The maximum atomic E-state index is 6.15. The Morgan fingerprint density at radius 1 is 0.853 bits per heavy atom. The van der Waals surface area contributed by atoms with Crippen molar-refractivity contribution in [2.24, 2.45) is 5.92 Å². The van der Waals surface area contributed by atoms with Crippen molar-refractivity contribution >= 4 is 0 Å². The normalized spacial score (nSPS) is 19.3. The van der Waals surface area contributed by atoms with E-state index in [1.165, 1.54) is 22.4 Å². The summed E-state index contributed by atoms with van der Waals surface area (Å²) in [5.41, 5.74) is 7.08. The number of benzene rings is 2. The number of hydrogen-bond acceptors (Lipinski definition) is 3. The molecular formula is C30H34N3O+. The molecule has 4 heteroatoms. The SMILES string of the molecule is CC1c2ccc(-c3nnc(-c4ccc(C(C)(C)C)cc4)o3)cc2-c2cccc[n+]2C(C)(C)C1C. The first-order valence-electron chi connectivity index (χ1n) is 12.2. The van der Waals surface area contributed by atoms with Gasteiger partial charge in [0.1, 0.15) is 0 Å². The Morgan fingerprint density at radius 2 is 1.50 bits per heavy atom. The summed E-state index contributed by atoms with van der Waals surface area (Å²) in [4.78, 5) is 0. The summed E-state index contributed by atoms with van der Waals surface area (Å²) >= 11 is 0. The van der Waals surface area contributed by atoms with Crippen LogP contribution in [0.4, 0.5) is 0 Å². The van der Waals surface area contributed by atoms with E-state index >= 15 is 0 Å². The third kappa shape index (κ3) is 3.66. The number of rotatable bonds is 2. The van der Waals surface area contributed by atoms with E-state index in [4.69, 9.17) is 4.42 Å². The van der Waals surface area contributed by atoms with E-state index in [1.807, 2.05) is 0 Å². The zero-order valence-electron chi connectivity index (χ0n) is 21.3. The molecule has 4 aromatic rings. The van der Waals surface area contributed by atoms with Crippen LogP contribution in [-0.2, 0) is 11.0 Å². The fourth-order valence-corrected chi connectivity index (χ4v) is 5.14. The van der Waals surface area contributed by atoms with E-state index in [-0.39, 0.29) is 11.0 Å². The molecule has 0 radical (unpaired) electrons. The summed E-state index contributed by atoms with van der Waals surface area (Å²) in [5.74, 6) is 1.98. The molecule has 4 nitrogen and oxygen atoms in total. The lowest BCUT2D eigenvalue weighted by Gasteiger charge is -2.29. The Hall–Kier alpha value is -3.27. The van der Waals surface area contributed by atoms with Crippen LogP contribution in [0.3, 0.4) is 0 Å². The third-order valence-electron chi connectivity index (χ3n) is 7.83. The van der Waals surface area contributed by atoms with E-state index in [0.29, 0.717) is 23.6 Å². The van der Waals surface area contributed by atoms with Gasteiger partial charge in [0, 0.05) is 43.0 Å². The van der Waals surface area contributed by atoms with Crippen LogP contribution in [0, 0.1) is 5.92 Å². The van der Waals surface area contributed by atoms with E-state index < -0.39 is 0 Å². The first-order chi connectivity index (χ1) is 16.1. The number of nitrogens with zero attached hydrogens (tertiary/aromatic N) is 3. The van der Waals surface area contributed by atoms with Crippen molar-refractivity contribution in [2.75, 3.05) is 0 Å². The molecule has 0 saturated heterocycles. The molecule has 1 aliphatic rings. The van der Waals surface area contributed by atoms with Crippen molar-refractivity contribution in [3.63, 3.8) is 0 Å². The lowest BCUT2D eigenvalue weighted by atomic mass is 9.77. The fraction of sp³-hybridized carbons (Fsp3) is 0.367. The monoisotopic (exact) mass is 452 g/mol. The molecule has 2 aromatic heterocycles. The van der Waals surface area contributed by atoms with Gasteiger partial charge in [-0.25, -0.2) is 0 Å². The van der Waals surface area contributed by atoms with Gasteiger partial charge in [0.05, 0.1) is 5.56 Å². The topological polar surface area (TPSA) is 42.8 Å². The van der Waals surface area contributed by atoms with Crippen LogP contribution in [0.1, 0.15) is 65.5 Å². The summed E-state index contributed by atoms with van der Waals surface area (Å²) in [6.45, 7) is 16.0. The van der Waals surface area contributed by atoms with Crippen molar-refractivity contribution in [2.45, 2.75) is 65.3 Å². The Balaban J connectivity index is 1.57. The largest absolute Gasteiger partial charge is 0.416 e. The van der Waals surface area contributed by atoms with Gasteiger partial charge in [-0.1, -0.05) is 52.8 Å². The zero-order valence-corrected chi connectivity index (χ0v) is 21.3. The van der Waals surface area contributed by atoms with Gasteiger partial charge in [-0.3, -0.25) is 0 Å². The summed E-state index contributed by atoms with van der Waals surface area (Å²) < 4.78 is 8.57. The molecule has 0 spiro atoms. The maximum Gasteiger partial charge on any atom is 0.248 e. The van der Waals surface area contributed by atoms with Crippen LogP contribution in [0.15, 0.2) is 71.3 Å². The molecule has 2 atom stereocenters. The van der Waals surface area contributed by atoms with Crippen LogP contribution in [-0.4, -0.2) is 10.2 Å². The minimum Gasteiger partial charge on any atom is -0.416 e. The second-order valence-corrected chi connectivity index (χ2v) is 11.2. The van der Waals surface area contributed by atoms with Crippen molar-refractivity contribution in [3.05, 3.63) is 78.0 Å². The van der Waals surface area contributed by atoms with E-state index in [0.717, 1.165) is 11.1 Å². The molecule has 0 saturated carbocycles. The smallest absolute Gasteiger partial charge is 0.248 e. The van der Waals surface area contributed by atoms with Crippen molar-refractivity contribution in [3.8, 4) is 34.2 Å². The third-order valence-corrected chi connectivity index (χ3v) is 7.83. The van der Waals surface area contributed by atoms with Crippen LogP contribution in [0.5, 0.6) is 0 Å². The molecule has 3 heterocycles. The molecule has 5 rings (SSSR count). The molecule has 0 bridgehead atoms. The van der Waals surface area contributed by atoms with Gasteiger partial charge in [-0.05, 0) is 52.8 Å². The lowest BCUT2D eigenvalue weighted by molar-refractivity contribution is -0.755. The van der Waals surface area contributed by atoms with Crippen molar-refractivity contribution < 1.29 is 8.98 Å².